The molecule has 0 radical (unpaired) electrons. The van der Waals surface area contributed by atoms with Gasteiger partial charge in [-0.1, -0.05) is 0 Å². The zero-order chi connectivity index (χ0) is 8.93. The average molecular weight is 174 g/mol. The molecule has 68 valence electrons. The number of ketones is 1. The van der Waals surface area contributed by atoms with E-state index in [4.69, 9.17) is 0 Å². The average Bonchev–Trinajstić information content (AvgIpc) is 2.56. The highest BCUT2D eigenvalue weighted by atomic mass is 19.3. The molecule has 1 nitrogen and oxygen atoms in total. The van der Waals surface area contributed by atoms with Crippen molar-refractivity contribution in [3.8, 4) is 0 Å². The molecule has 0 saturated heterocycles. The van der Waals surface area contributed by atoms with Gasteiger partial charge in [0.25, 0.3) is 0 Å². The van der Waals surface area contributed by atoms with E-state index in [0.717, 1.165) is 0 Å². The van der Waals surface area contributed by atoms with Crippen LogP contribution in [0.15, 0.2) is 0 Å². The van der Waals surface area contributed by atoms with Crippen LogP contribution in [0.5, 0.6) is 0 Å². The first-order valence-electron chi connectivity index (χ1n) is 4.40. The Kier molecular flexibility index (Phi) is 1.54. The van der Waals surface area contributed by atoms with Gasteiger partial charge in [0.05, 0.1) is 0 Å². The van der Waals surface area contributed by atoms with Crippen LogP contribution in [0.3, 0.4) is 0 Å². The lowest BCUT2D eigenvalue weighted by atomic mass is 9.95. The summed E-state index contributed by atoms with van der Waals surface area (Å²) >= 11 is 0. The number of carbonyl (C=O) groups excluding carboxylic acids is 1. The molecule has 0 heterocycles. The number of Topliss-reactive ketones (excluding diaryl/α,β-unsaturated/α-hetero) is 1. The van der Waals surface area contributed by atoms with Crippen LogP contribution in [0.25, 0.3) is 0 Å². The second-order valence-corrected chi connectivity index (χ2v) is 4.18. The first-order chi connectivity index (χ1) is 5.48. The zero-order valence-corrected chi connectivity index (χ0v) is 7.02. The van der Waals surface area contributed by atoms with Crippen LogP contribution in [0.4, 0.5) is 8.78 Å². The van der Waals surface area contributed by atoms with Crippen LogP contribution in [0, 0.1) is 17.8 Å². The Morgan fingerprint density at radius 3 is 2.17 bits per heavy atom. The van der Waals surface area contributed by atoms with E-state index in [9.17, 15) is 13.6 Å². The van der Waals surface area contributed by atoms with E-state index < -0.39 is 11.7 Å². The predicted molar refractivity (Wildman–Crippen MR) is 39.9 cm³/mol. The van der Waals surface area contributed by atoms with Gasteiger partial charge in [-0.2, -0.15) is 8.78 Å². The second kappa shape index (κ2) is 2.27. The number of halogens is 2. The summed E-state index contributed by atoms with van der Waals surface area (Å²) in [5.41, 5.74) is 0. The highest BCUT2D eigenvalue weighted by Crippen LogP contribution is 2.55. The fourth-order valence-electron chi connectivity index (χ4n) is 2.29. The molecule has 2 atom stereocenters. The molecule has 0 spiro atoms. The monoisotopic (exact) mass is 174 g/mol. The van der Waals surface area contributed by atoms with E-state index in [2.05, 4.69) is 0 Å². The van der Waals surface area contributed by atoms with E-state index >= 15 is 0 Å². The molecule has 0 N–H and O–H groups in total. The van der Waals surface area contributed by atoms with Crippen LogP contribution < -0.4 is 0 Å². The Hall–Kier alpha value is -0.470. The fraction of sp³-hybridized carbons (Fsp3) is 0.889. The van der Waals surface area contributed by atoms with Crippen molar-refractivity contribution in [1.29, 1.82) is 0 Å². The minimum atomic E-state index is -3.11. The summed E-state index contributed by atoms with van der Waals surface area (Å²) in [6, 6.07) is 0. The minimum absolute atomic E-state index is 0.339. The lowest BCUT2D eigenvalue weighted by Gasteiger charge is -2.15. The molecule has 2 saturated carbocycles. The maximum atomic E-state index is 12.6. The molecular formula is C9H12F2O. The summed E-state index contributed by atoms with van der Waals surface area (Å²) in [7, 11) is 0. The van der Waals surface area contributed by atoms with Gasteiger partial charge in [0.15, 0.2) is 0 Å². The molecule has 2 aliphatic carbocycles. The Bertz CT molecular complexity index is 209. The van der Waals surface area contributed by atoms with Crippen molar-refractivity contribution in [3.63, 3.8) is 0 Å². The number of carbonyl (C=O) groups is 1. The lowest BCUT2D eigenvalue weighted by Crippen LogP contribution is -2.30. The SMILES string of the molecule is CC(F)(F)C(=O)C1CC2CC2C1. The van der Waals surface area contributed by atoms with Gasteiger partial charge >= 0.3 is 5.92 Å². The van der Waals surface area contributed by atoms with Gasteiger partial charge in [0, 0.05) is 12.8 Å². The van der Waals surface area contributed by atoms with E-state index in [1.54, 1.807) is 0 Å². The number of hydrogen-bond donors (Lipinski definition) is 0. The number of hydrogen-bond acceptors (Lipinski definition) is 1. The summed E-state index contributed by atoms with van der Waals surface area (Å²) in [6.45, 7) is 0.708. The first-order valence-corrected chi connectivity index (χ1v) is 4.40. The number of alkyl halides is 2. The Balaban J connectivity index is 1.97. The predicted octanol–water partition coefficient (Wildman–Crippen LogP) is 2.26. The quantitative estimate of drug-likeness (QED) is 0.627. The second-order valence-electron chi connectivity index (χ2n) is 4.18. The molecule has 12 heavy (non-hydrogen) atoms. The zero-order valence-electron chi connectivity index (χ0n) is 7.02. The third-order valence-corrected chi connectivity index (χ3v) is 3.05. The molecule has 0 amide bonds. The van der Waals surface area contributed by atoms with Gasteiger partial charge in [-0.05, 0) is 31.1 Å². The molecule has 2 rings (SSSR count). The van der Waals surface area contributed by atoms with Crippen molar-refractivity contribution in [2.24, 2.45) is 17.8 Å². The largest absolute Gasteiger partial charge is 0.302 e. The standard InChI is InChI=1S/C9H12F2O/c1-9(10,11)8(12)7-3-5-2-6(5)4-7/h5-7H,2-4H2,1H3. The third kappa shape index (κ3) is 1.25. The lowest BCUT2D eigenvalue weighted by molar-refractivity contribution is -0.145. The molecule has 3 heteroatoms. The molecule has 2 fully saturated rings. The minimum Gasteiger partial charge on any atom is -0.293 e. The van der Waals surface area contributed by atoms with Gasteiger partial charge in [-0.25, -0.2) is 0 Å². The van der Waals surface area contributed by atoms with Crippen LogP contribution in [0.2, 0.25) is 0 Å². The van der Waals surface area contributed by atoms with Crippen molar-refractivity contribution >= 4 is 5.78 Å². The maximum absolute atomic E-state index is 12.6. The van der Waals surface area contributed by atoms with Gasteiger partial charge in [-0.15, -0.1) is 0 Å². The van der Waals surface area contributed by atoms with Crippen molar-refractivity contribution in [2.75, 3.05) is 0 Å². The summed E-state index contributed by atoms with van der Waals surface area (Å²) in [5, 5.41) is 0. The molecule has 2 unspecified atom stereocenters. The Morgan fingerprint density at radius 2 is 1.75 bits per heavy atom. The molecule has 0 aromatic rings. The van der Waals surface area contributed by atoms with Gasteiger partial charge in [-0.3, -0.25) is 4.79 Å². The summed E-state index contributed by atoms with van der Waals surface area (Å²) in [4.78, 5) is 11.1. The van der Waals surface area contributed by atoms with E-state index in [1.807, 2.05) is 0 Å². The highest BCUT2D eigenvalue weighted by Gasteiger charge is 2.51. The van der Waals surface area contributed by atoms with Crippen molar-refractivity contribution < 1.29 is 13.6 Å². The Labute approximate surface area is 70.1 Å². The normalized spacial score (nSPS) is 39.4. The van der Waals surface area contributed by atoms with E-state index in [-0.39, 0.29) is 5.92 Å². The molecule has 0 aromatic heterocycles. The Morgan fingerprint density at radius 1 is 1.25 bits per heavy atom. The van der Waals surface area contributed by atoms with Crippen molar-refractivity contribution in [3.05, 3.63) is 0 Å². The fourth-order valence-corrected chi connectivity index (χ4v) is 2.29. The summed E-state index contributed by atoms with van der Waals surface area (Å²) < 4.78 is 25.1. The molecule has 0 aromatic carbocycles. The topological polar surface area (TPSA) is 17.1 Å². The third-order valence-electron chi connectivity index (χ3n) is 3.05. The van der Waals surface area contributed by atoms with Gasteiger partial charge in [0.2, 0.25) is 5.78 Å². The molecule has 0 aliphatic heterocycles. The van der Waals surface area contributed by atoms with E-state index in [0.29, 0.717) is 31.6 Å². The smallest absolute Gasteiger partial charge is 0.293 e. The van der Waals surface area contributed by atoms with Crippen LogP contribution in [0.1, 0.15) is 26.2 Å². The molecule has 2 aliphatic rings. The number of rotatable bonds is 2. The van der Waals surface area contributed by atoms with Gasteiger partial charge in [0.1, 0.15) is 0 Å². The maximum Gasteiger partial charge on any atom is 0.302 e. The van der Waals surface area contributed by atoms with Gasteiger partial charge < -0.3 is 0 Å². The summed E-state index contributed by atoms with van der Waals surface area (Å²) in [6.07, 6.45) is 2.60. The first kappa shape index (κ1) is 8.14. The van der Waals surface area contributed by atoms with Crippen molar-refractivity contribution in [1.82, 2.24) is 0 Å². The summed E-state index contributed by atoms with van der Waals surface area (Å²) in [5.74, 6) is -3.09. The molecule has 0 bridgehead atoms. The van der Waals surface area contributed by atoms with Crippen LogP contribution >= 0.6 is 0 Å². The van der Waals surface area contributed by atoms with Crippen molar-refractivity contribution in [2.45, 2.75) is 32.1 Å². The number of fused-ring (bicyclic) bond motifs is 1. The highest BCUT2D eigenvalue weighted by molar-refractivity contribution is 5.87. The van der Waals surface area contributed by atoms with Crippen LogP contribution in [-0.4, -0.2) is 11.7 Å². The van der Waals surface area contributed by atoms with E-state index in [1.165, 1.54) is 6.42 Å². The molecular weight excluding hydrogens is 162 g/mol. The van der Waals surface area contributed by atoms with Crippen LogP contribution in [-0.2, 0) is 4.79 Å².